The molecule has 0 aliphatic carbocycles. The molecule has 0 unspecified atom stereocenters. The molecule has 26 heavy (non-hydrogen) atoms. The molecule has 1 aliphatic rings. The first-order chi connectivity index (χ1) is 12.2. The van der Waals surface area contributed by atoms with Gasteiger partial charge >= 0.3 is 6.03 Å². The number of hydrogen-bond acceptors (Lipinski definition) is 4. The summed E-state index contributed by atoms with van der Waals surface area (Å²) in [5.41, 5.74) is 1.02. The quantitative estimate of drug-likeness (QED) is 0.549. The number of urea groups is 1. The summed E-state index contributed by atoms with van der Waals surface area (Å²) in [6.45, 7) is 8.44. The number of ketones is 2. The largest absolute Gasteiger partial charge is 0.355 e. The van der Waals surface area contributed by atoms with Gasteiger partial charge in [-0.05, 0) is 39.2 Å². The summed E-state index contributed by atoms with van der Waals surface area (Å²) in [4.78, 5) is 53.6. The van der Waals surface area contributed by atoms with Gasteiger partial charge < -0.3 is 10.3 Å². The molecule has 2 rings (SSSR count). The van der Waals surface area contributed by atoms with Gasteiger partial charge in [0, 0.05) is 11.3 Å². The number of aryl methyl sites for hydroxylation is 1. The van der Waals surface area contributed by atoms with Crippen LogP contribution in [0.1, 0.15) is 78.6 Å². The summed E-state index contributed by atoms with van der Waals surface area (Å²) >= 11 is 0. The van der Waals surface area contributed by atoms with Crippen molar-refractivity contribution in [1.82, 2.24) is 15.2 Å². The minimum Gasteiger partial charge on any atom is -0.355 e. The van der Waals surface area contributed by atoms with Crippen LogP contribution in [0.15, 0.2) is 0 Å². The monoisotopic (exact) mass is 361 g/mol. The minimum absolute atomic E-state index is 0.129. The van der Waals surface area contributed by atoms with Crippen molar-refractivity contribution >= 4 is 23.5 Å². The maximum absolute atomic E-state index is 12.9. The van der Waals surface area contributed by atoms with Crippen LogP contribution in [0.4, 0.5) is 4.79 Å². The molecule has 0 radical (unpaired) electrons. The van der Waals surface area contributed by atoms with Crippen LogP contribution >= 0.6 is 0 Å². The van der Waals surface area contributed by atoms with Crippen LogP contribution in [0.25, 0.3) is 0 Å². The molecule has 1 saturated heterocycles. The molecule has 1 aromatic rings. The van der Waals surface area contributed by atoms with Crippen molar-refractivity contribution in [3.8, 4) is 0 Å². The van der Waals surface area contributed by atoms with Crippen molar-refractivity contribution in [3.63, 3.8) is 0 Å². The Morgan fingerprint density at radius 1 is 1.08 bits per heavy atom. The highest BCUT2D eigenvalue weighted by atomic mass is 16.2. The maximum atomic E-state index is 12.9. The fourth-order valence-corrected chi connectivity index (χ4v) is 3.92. The van der Waals surface area contributed by atoms with Crippen molar-refractivity contribution in [2.24, 2.45) is 0 Å². The van der Waals surface area contributed by atoms with Crippen LogP contribution in [0.3, 0.4) is 0 Å². The molecule has 0 saturated carbocycles. The number of carbonyl (C=O) groups is 4. The van der Waals surface area contributed by atoms with E-state index in [9.17, 15) is 19.2 Å². The fraction of sp³-hybridized carbons (Fsp3) is 0.579. The number of amides is 3. The lowest BCUT2D eigenvalue weighted by Gasteiger charge is -2.25. The molecular weight excluding hydrogens is 334 g/mol. The smallest absolute Gasteiger partial charge is 0.325 e. The molecule has 142 valence electrons. The van der Waals surface area contributed by atoms with E-state index in [1.165, 1.54) is 6.92 Å². The third-order valence-corrected chi connectivity index (χ3v) is 4.97. The third kappa shape index (κ3) is 3.30. The number of aromatic amines is 1. The molecule has 2 N–H and O–H groups in total. The lowest BCUT2D eigenvalue weighted by molar-refractivity contribution is -0.131. The van der Waals surface area contributed by atoms with E-state index in [2.05, 4.69) is 10.3 Å². The molecule has 1 aliphatic heterocycles. The molecular formula is C19H27N3O4. The van der Waals surface area contributed by atoms with Gasteiger partial charge in [-0.25, -0.2) is 4.79 Å². The third-order valence-electron chi connectivity index (χ3n) is 4.97. The van der Waals surface area contributed by atoms with Gasteiger partial charge in [0.1, 0.15) is 5.54 Å². The second kappa shape index (κ2) is 7.43. The second-order valence-corrected chi connectivity index (χ2v) is 7.01. The molecule has 1 fully saturated rings. The van der Waals surface area contributed by atoms with Gasteiger partial charge in [0.15, 0.2) is 11.6 Å². The highest BCUT2D eigenvalue weighted by molar-refractivity contribution is 6.11. The molecule has 0 spiro atoms. The van der Waals surface area contributed by atoms with E-state index in [4.69, 9.17) is 0 Å². The highest BCUT2D eigenvalue weighted by Gasteiger charge is 2.50. The Morgan fingerprint density at radius 2 is 1.65 bits per heavy atom. The zero-order valence-corrected chi connectivity index (χ0v) is 16.1. The van der Waals surface area contributed by atoms with Crippen LogP contribution in [0.5, 0.6) is 0 Å². The first-order valence-corrected chi connectivity index (χ1v) is 9.05. The Kier molecular flexibility index (Phi) is 5.68. The SMILES string of the molecule is CCCC1(CCC)NC(=O)N(CC(=O)c2[nH]c(C)c(C(C)=O)c2C)C1=O. The van der Waals surface area contributed by atoms with Crippen molar-refractivity contribution in [3.05, 3.63) is 22.5 Å². The molecule has 2 heterocycles. The van der Waals surface area contributed by atoms with Crippen molar-refractivity contribution < 1.29 is 19.2 Å². The predicted molar refractivity (Wildman–Crippen MR) is 97.4 cm³/mol. The number of carbonyl (C=O) groups excluding carboxylic acids is 4. The molecule has 3 amide bonds. The fourth-order valence-electron chi connectivity index (χ4n) is 3.92. The van der Waals surface area contributed by atoms with Crippen molar-refractivity contribution in [1.29, 1.82) is 0 Å². The van der Waals surface area contributed by atoms with Gasteiger partial charge in [-0.3, -0.25) is 19.3 Å². The van der Waals surface area contributed by atoms with Gasteiger partial charge in [-0.2, -0.15) is 0 Å². The summed E-state index contributed by atoms with van der Waals surface area (Å²) in [5, 5.41) is 2.80. The van der Waals surface area contributed by atoms with E-state index in [1.807, 2.05) is 13.8 Å². The highest BCUT2D eigenvalue weighted by Crippen LogP contribution is 2.28. The molecule has 0 aromatic carbocycles. The molecule has 1 aromatic heterocycles. The van der Waals surface area contributed by atoms with Crippen LogP contribution in [-0.2, 0) is 4.79 Å². The normalized spacial score (nSPS) is 16.1. The number of nitrogens with zero attached hydrogens (tertiary/aromatic N) is 1. The van der Waals surface area contributed by atoms with Gasteiger partial charge in [0.05, 0.1) is 12.2 Å². The first-order valence-electron chi connectivity index (χ1n) is 9.05. The zero-order chi connectivity index (χ0) is 19.6. The van der Waals surface area contributed by atoms with Crippen molar-refractivity contribution in [2.75, 3.05) is 6.54 Å². The molecule has 7 heteroatoms. The number of aromatic nitrogens is 1. The number of rotatable bonds is 8. The average Bonchev–Trinajstić information content (AvgIpc) is 2.97. The van der Waals surface area contributed by atoms with E-state index in [0.717, 1.165) is 17.7 Å². The number of H-pyrrole nitrogens is 1. The minimum atomic E-state index is -0.911. The van der Waals surface area contributed by atoms with Gasteiger partial charge in [0.25, 0.3) is 5.91 Å². The van der Waals surface area contributed by atoms with E-state index in [0.29, 0.717) is 29.7 Å². The summed E-state index contributed by atoms with van der Waals surface area (Å²) in [6.07, 6.45) is 2.60. The summed E-state index contributed by atoms with van der Waals surface area (Å²) in [7, 11) is 0. The average molecular weight is 361 g/mol. The summed E-state index contributed by atoms with van der Waals surface area (Å²) in [5.74, 6) is -0.854. The predicted octanol–water partition coefficient (Wildman–Crippen LogP) is 2.91. The molecule has 7 nitrogen and oxygen atoms in total. The summed E-state index contributed by atoms with van der Waals surface area (Å²) in [6, 6.07) is -0.530. The van der Waals surface area contributed by atoms with Crippen LogP contribution in [0.2, 0.25) is 0 Å². The van der Waals surface area contributed by atoms with Gasteiger partial charge in [0.2, 0.25) is 0 Å². The van der Waals surface area contributed by atoms with Gasteiger partial charge in [-0.15, -0.1) is 0 Å². The lowest BCUT2D eigenvalue weighted by atomic mass is 9.88. The zero-order valence-electron chi connectivity index (χ0n) is 16.1. The summed E-state index contributed by atoms with van der Waals surface area (Å²) < 4.78 is 0. The lowest BCUT2D eigenvalue weighted by Crippen LogP contribution is -2.47. The van der Waals surface area contributed by atoms with E-state index in [1.54, 1.807) is 13.8 Å². The number of nitrogens with one attached hydrogen (secondary N) is 2. The topological polar surface area (TPSA) is 99.3 Å². The second-order valence-electron chi connectivity index (χ2n) is 7.01. The van der Waals surface area contributed by atoms with E-state index >= 15 is 0 Å². The Bertz CT molecular complexity index is 757. The van der Waals surface area contributed by atoms with Crippen LogP contribution in [0, 0.1) is 13.8 Å². The van der Waals surface area contributed by atoms with Crippen molar-refractivity contribution in [2.45, 2.75) is 65.8 Å². The Hall–Kier alpha value is -2.44. The molecule has 0 bridgehead atoms. The van der Waals surface area contributed by atoms with Crippen LogP contribution < -0.4 is 5.32 Å². The van der Waals surface area contributed by atoms with E-state index < -0.39 is 11.6 Å². The number of hydrogen-bond donors (Lipinski definition) is 2. The Balaban J connectivity index is 2.27. The number of Topliss-reactive ketones (excluding diaryl/α,β-unsaturated/α-hetero) is 2. The Labute approximate surface area is 153 Å². The van der Waals surface area contributed by atoms with E-state index in [-0.39, 0.29) is 29.7 Å². The van der Waals surface area contributed by atoms with Crippen LogP contribution in [-0.4, -0.2) is 45.5 Å². The van der Waals surface area contributed by atoms with Gasteiger partial charge in [-0.1, -0.05) is 26.7 Å². The number of imide groups is 1. The Morgan fingerprint density at radius 3 is 2.12 bits per heavy atom. The maximum Gasteiger partial charge on any atom is 0.325 e. The standard InChI is InChI=1S/C19H27N3O4/c1-6-8-19(9-7-2)17(25)22(18(26)21-19)10-14(24)16-11(3)15(13(5)23)12(4)20-16/h20H,6-10H2,1-5H3,(H,21,26). The first kappa shape index (κ1) is 19.9. The molecule has 0 atom stereocenters.